The number of nitrogens with zero attached hydrogens (tertiary/aromatic N) is 2. The molecule has 2 aromatic carbocycles. The Morgan fingerprint density at radius 2 is 1.77 bits per heavy atom. The fourth-order valence-electron chi connectivity index (χ4n) is 8.12. The maximum atomic E-state index is 15.3. The van der Waals surface area contributed by atoms with Gasteiger partial charge < -0.3 is 51.5 Å². The molecule has 0 unspecified atom stereocenters. The molecule has 4 aromatic rings. The first-order valence-corrected chi connectivity index (χ1v) is 19.8. The van der Waals surface area contributed by atoms with Gasteiger partial charge in [0.15, 0.2) is 5.60 Å². The molecular weight excluding hydrogens is 796 g/mol. The molecule has 0 bridgehead atoms. The van der Waals surface area contributed by atoms with Gasteiger partial charge in [-0.2, -0.15) is 0 Å². The van der Waals surface area contributed by atoms with Crippen LogP contribution in [0.25, 0.3) is 22.3 Å². The van der Waals surface area contributed by atoms with E-state index in [1.165, 1.54) is 10.6 Å². The number of nitrogens with one attached hydrogen (secondary N) is 5. The number of carbonyl (C=O) groups is 6. The number of hydrogen-bond acceptors (Lipinski definition) is 12. The molecule has 0 radical (unpaired) electrons. The normalized spacial score (nSPS) is 17.6. The van der Waals surface area contributed by atoms with Gasteiger partial charge in [-0.05, 0) is 54.5 Å². The topological polar surface area (TPSA) is 262 Å². The average Bonchev–Trinajstić information content (AvgIpc) is 3.63. The van der Waals surface area contributed by atoms with E-state index in [-0.39, 0.29) is 50.4 Å². The minimum atomic E-state index is -2.03. The predicted octanol–water partition coefficient (Wildman–Crippen LogP) is -0.360. The highest BCUT2D eigenvalue weighted by molar-refractivity contribution is 5.94. The highest BCUT2D eigenvalue weighted by Gasteiger charge is 2.46. The van der Waals surface area contributed by atoms with Gasteiger partial charge in [-0.1, -0.05) is 37.3 Å². The fourth-order valence-corrected chi connectivity index (χ4v) is 8.12. The largest absolute Gasteiger partial charge is 0.458 e. The lowest BCUT2D eigenvalue weighted by Gasteiger charge is -2.31. The van der Waals surface area contributed by atoms with Crippen molar-refractivity contribution >= 4 is 46.4 Å². The van der Waals surface area contributed by atoms with E-state index in [9.17, 15) is 38.7 Å². The van der Waals surface area contributed by atoms with E-state index in [0.717, 1.165) is 11.1 Å². The number of carbonyl (C=O) groups excluding carboxylic acids is 6. The smallest absolute Gasteiger partial charge is 0.343 e. The molecule has 3 atom stereocenters. The highest BCUT2D eigenvalue weighted by Crippen LogP contribution is 2.46. The van der Waals surface area contributed by atoms with Crippen LogP contribution in [0.4, 0.5) is 4.39 Å². The summed E-state index contributed by atoms with van der Waals surface area (Å²) in [6, 6.07) is 10.1. The van der Waals surface area contributed by atoms with Gasteiger partial charge >= 0.3 is 5.97 Å². The minimum absolute atomic E-state index is 0.0356. The lowest BCUT2D eigenvalue weighted by molar-refractivity contribution is -0.172. The Hall–Kier alpha value is -6.57. The minimum Gasteiger partial charge on any atom is -0.458 e. The van der Waals surface area contributed by atoms with E-state index in [1.54, 1.807) is 50.2 Å². The van der Waals surface area contributed by atoms with Crippen LogP contribution in [0.1, 0.15) is 64.8 Å². The van der Waals surface area contributed by atoms with E-state index in [0.29, 0.717) is 51.8 Å². The third-order valence-electron chi connectivity index (χ3n) is 11.3. The Balaban J connectivity index is 1.00. The third kappa shape index (κ3) is 8.44. The molecule has 0 spiro atoms. The summed E-state index contributed by atoms with van der Waals surface area (Å²) in [6.45, 7) is 1.03. The van der Waals surface area contributed by atoms with Gasteiger partial charge in [-0.3, -0.25) is 28.8 Å². The summed E-state index contributed by atoms with van der Waals surface area (Å²) in [4.78, 5) is 94.4. The van der Waals surface area contributed by atoms with Gasteiger partial charge in [-0.15, -0.1) is 0 Å². The molecule has 0 fully saturated rings. The lowest BCUT2D eigenvalue weighted by Crippen LogP contribution is -2.52. The second-order valence-electron chi connectivity index (χ2n) is 15.1. The maximum Gasteiger partial charge on any atom is 0.343 e. The van der Waals surface area contributed by atoms with Crippen molar-refractivity contribution < 1.29 is 47.7 Å². The zero-order chi connectivity index (χ0) is 43.6. The van der Waals surface area contributed by atoms with Crippen molar-refractivity contribution in [1.29, 1.82) is 0 Å². The van der Waals surface area contributed by atoms with Crippen LogP contribution in [-0.2, 0) is 69.8 Å². The van der Waals surface area contributed by atoms with Gasteiger partial charge in [0, 0.05) is 29.0 Å². The number of nitrogens with two attached hydrogens (primary N) is 1. The van der Waals surface area contributed by atoms with Crippen LogP contribution in [0.5, 0.6) is 0 Å². The van der Waals surface area contributed by atoms with E-state index in [2.05, 4.69) is 26.6 Å². The van der Waals surface area contributed by atoms with E-state index in [1.807, 2.05) is 0 Å². The molecule has 5 amide bonds. The Bertz CT molecular complexity index is 2530. The summed E-state index contributed by atoms with van der Waals surface area (Å²) in [7, 11) is 0. The molecule has 61 heavy (non-hydrogen) atoms. The van der Waals surface area contributed by atoms with Gasteiger partial charge in [-0.25, -0.2) is 14.2 Å². The highest BCUT2D eigenvalue weighted by atomic mass is 19.1. The lowest BCUT2D eigenvalue weighted by atomic mass is 9.81. The molecule has 18 nitrogen and oxygen atoms in total. The van der Waals surface area contributed by atoms with Crippen molar-refractivity contribution in [2.45, 2.75) is 70.4 Å². The Labute approximate surface area is 347 Å². The molecular formula is C42H45FN8O10. The number of cyclic esters (lactones) is 1. The molecule has 2 aliphatic heterocycles. The van der Waals surface area contributed by atoms with Crippen molar-refractivity contribution in [3.63, 3.8) is 0 Å². The molecule has 0 saturated carbocycles. The molecule has 7 rings (SSSR count). The first kappa shape index (κ1) is 42.6. The first-order chi connectivity index (χ1) is 29.2. The first-order valence-electron chi connectivity index (χ1n) is 19.8. The number of amides is 5. The Morgan fingerprint density at radius 1 is 1.02 bits per heavy atom. The Morgan fingerprint density at radius 3 is 2.51 bits per heavy atom. The Kier molecular flexibility index (Phi) is 12.3. The SMILES string of the molecule is CC[C@@]1(O)C(=O)OCc2c1cc1n(c2=O)Cc2c-1nc1cc(F)c(C)c3c1c2[C@@H](NC(=O)COCNC(=O)CNC(=O)[C@H](Cc1ccccc1)NC(=O)CNC(=O)CN)CC3. The van der Waals surface area contributed by atoms with Gasteiger partial charge in [0.2, 0.25) is 29.5 Å². The molecule has 4 heterocycles. The number of hydrogen-bond donors (Lipinski definition) is 7. The van der Waals surface area contributed by atoms with Crippen molar-refractivity contribution in [1.82, 2.24) is 36.1 Å². The summed E-state index contributed by atoms with van der Waals surface area (Å²) in [5.74, 6) is -4.30. The quantitative estimate of drug-likeness (QED) is 0.0405. The zero-order valence-corrected chi connectivity index (χ0v) is 33.4. The van der Waals surface area contributed by atoms with Crippen molar-refractivity contribution in [2.75, 3.05) is 33.0 Å². The molecule has 0 saturated heterocycles. The molecule has 1 aliphatic carbocycles. The van der Waals surface area contributed by atoms with Crippen LogP contribution < -0.4 is 37.9 Å². The molecule has 2 aromatic heterocycles. The zero-order valence-electron chi connectivity index (χ0n) is 33.4. The number of aliphatic hydroxyl groups is 1. The number of esters is 1. The van der Waals surface area contributed by atoms with Gasteiger partial charge in [0.05, 0.1) is 54.7 Å². The van der Waals surface area contributed by atoms with Crippen LogP contribution in [0.15, 0.2) is 47.3 Å². The average molecular weight is 841 g/mol. The summed E-state index contributed by atoms with van der Waals surface area (Å²) in [5.41, 5.74) is 7.33. The van der Waals surface area contributed by atoms with Crippen LogP contribution in [-0.4, -0.2) is 89.2 Å². The molecule has 19 heteroatoms. The summed E-state index contributed by atoms with van der Waals surface area (Å²) in [6.07, 6.45) is 0.880. The second kappa shape index (κ2) is 17.6. The van der Waals surface area contributed by atoms with Crippen LogP contribution >= 0.6 is 0 Å². The molecule has 8 N–H and O–H groups in total. The molecule has 320 valence electrons. The standard InChI is InChI=1S/C42H45FN8O10/c1-3-42(59)26-12-31-38-24(17-51(31)40(57)25(26)18-61-41(42)58)37-28(10-9-23-21(2)27(43)13-29(50-38)36(23)37)48-35(55)19-60-20-47-33(53)15-46-39(56)30(11-22-7-5-4-6-8-22)49-34(54)16-45-32(52)14-44/h4-8,12-13,28,30,59H,3,9-11,14-20,44H2,1-2H3,(H,45,52)(H,46,56)(H,47,53)(H,48,55)(H,49,54)/t28-,30-,42-/m0/s1. The van der Waals surface area contributed by atoms with Crippen LogP contribution in [0, 0.1) is 12.7 Å². The van der Waals surface area contributed by atoms with Crippen molar-refractivity contribution in [2.24, 2.45) is 5.73 Å². The number of ether oxygens (including phenoxy) is 2. The predicted molar refractivity (Wildman–Crippen MR) is 215 cm³/mol. The number of rotatable bonds is 15. The fraction of sp³-hybridized carbons (Fsp3) is 0.381. The number of pyridine rings is 2. The second-order valence-corrected chi connectivity index (χ2v) is 15.1. The number of fused-ring (bicyclic) bond motifs is 5. The number of aromatic nitrogens is 2. The third-order valence-corrected chi connectivity index (χ3v) is 11.3. The number of aryl methyl sites for hydroxylation is 1. The number of benzene rings is 2. The van der Waals surface area contributed by atoms with E-state index >= 15 is 4.39 Å². The van der Waals surface area contributed by atoms with Gasteiger partial charge in [0.1, 0.15) is 31.8 Å². The van der Waals surface area contributed by atoms with Crippen molar-refractivity contribution in [3.05, 3.63) is 97.6 Å². The molecule has 3 aliphatic rings. The van der Waals surface area contributed by atoms with Crippen molar-refractivity contribution in [3.8, 4) is 11.4 Å². The van der Waals surface area contributed by atoms with Gasteiger partial charge in [0.25, 0.3) is 5.56 Å². The maximum absolute atomic E-state index is 15.3. The summed E-state index contributed by atoms with van der Waals surface area (Å²) in [5, 5.41) is 24.8. The number of halogens is 1. The van der Waals surface area contributed by atoms with Crippen LogP contribution in [0.3, 0.4) is 0 Å². The summed E-state index contributed by atoms with van der Waals surface area (Å²) >= 11 is 0. The van der Waals surface area contributed by atoms with Crippen LogP contribution in [0.2, 0.25) is 0 Å². The summed E-state index contributed by atoms with van der Waals surface area (Å²) < 4.78 is 27.4. The van der Waals surface area contributed by atoms with E-state index in [4.69, 9.17) is 20.2 Å². The monoisotopic (exact) mass is 840 g/mol. The van der Waals surface area contributed by atoms with E-state index < -0.39 is 84.3 Å².